The van der Waals surface area contributed by atoms with Crippen LogP contribution in [0.4, 0.5) is 8.78 Å². The van der Waals surface area contributed by atoms with E-state index in [0.717, 1.165) is 38.3 Å². The molecule has 112 valence electrons. The standard InChI is InChI=1S/C16H18F2N2O/c17-12-5-4-11(8-13(12)18)14-19-16(6-7-16)15(21)20(14)9-10-2-1-3-10/h4-5,8,10,14,19H,1-3,6-7,9H2. The lowest BCUT2D eigenvalue weighted by molar-refractivity contribution is -0.131. The summed E-state index contributed by atoms with van der Waals surface area (Å²) < 4.78 is 26.6. The van der Waals surface area contributed by atoms with Gasteiger partial charge >= 0.3 is 0 Å². The van der Waals surface area contributed by atoms with Gasteiger partial charge in [0.15, 0.2) is 11.6 Å². The first kappa shape index (κ1) is 13.2. The van der Waals surface area contributed by atoms with Crippen LogP contribution in [0.3, 0.4) is 0 Å². The third-order valence-electron chi connectivity index (χ3n) is 5.08. The van der Waals surface area contributed by atoms with Crippen LogP contribution in [0.2, 0.25) is 0 Å². The molecule has 3 aliphatic rings. The predicted molar refractivity (Wildman–Crippen MR) is 73.3 cm³/mol. The summed E-state index contributed by atoms with van der Waals surface area (Å²) in [5, 5.41) is 3.34. The highest BCUT2D eigenvalue weighted by molar-refractivity contribution is 5.92. The number of hydrogen-bond donors (Lipinski definition) is 1. The molecule has 1 heterocycles. The fourth-order valence-corrected chi connectivity index (χ4v) is 3.36. The summed E-state index contributed by atoms with van der Waals surface area (Å²) in [6.45, 7) is 0.719. The average molecular weight is 292 g/mol. The highest BCUT2D eigenvalue weighted by Crippen LogP contribution is 2.47. The van der Waals surface area contributed by atoms with Gasteiger partial charge in [-0.15, -0.1) is 0 Å². The second-order valence-corrected chi connectivity index (χ2v) is 6.56. The molecular weight excluding hydrogens is 274 g/mol. The van der Waals surface area contributed by atoms with Crippen molar-refractivity contribution in [3.8, 4) is 0 Å². The second kappa shape index (κ2) is 4.50. The van der Waals surface area contributed by atoms with E-state index in [9.17, 15) is 13.6 Å². The summed E-state index contributed by atoms with van der Waals surface area (Å²) in [4.78, 5) is 14.4. The molecule has 2 aliphatic carbocycles. The number of hydrogen-bond acceptors (Lipinski definition) is 2. The maximum atomic E-state index is 13.5. The molecular formula is C16H18F2N2O. The van der Waals surface area contributed by atoms with Gasteiger partial charge in [-0.3, -0.25) is 10.1 Å². The maximum absolute atomic E-state index is 13.5. The summed E-state index contributed by atoms with van der Waals surface area (Å²) in [5.41, 5.74) is 0.199. The Kier molecular flexibility index (Phi) is 2.83. The molecule has 21 heavy (non-hydrogen) atoms. The fraction of sp³-hybridized carbons (Fsp3) is 0.562. The van der Waals surface area contributed by atoms with Gasteiger partial charge in [-0.2, -0.15) is 0 Å². The average Bonchev–Trinajstić information content (AvgIpc) is 3.14. The first-order chi connectivity index (χ1) is 10.1. The van der Waals surface area contributed by atoms with Gasteiger partial charge in [0.2, 0.25) is 5.91 Å². The molecule has 1 saturated heterocycles. The van der Waals surface area contributed by atoms with Crippen molar-refractivity contribution in [3.63, 3.8) is 0 Å². The Balaban J connectivity index is 1.64. The van der Waals surface area contributed by atoms with E-state index in [1.54, 1.807) is 6.07 Å². The Bertz CT molecular complexity index is 596. The van der Waals surface area contributed by atoms with E-state index in [-0.39, 0.29) is 12.1 Å². The molecule has 1 spiro atoms. The lowest BCUT2D eigenvalue weighted by atomic mass is 9.85. The van der Waals surface area contributed by atoms with Crippen LogP contribution in [0.15, 0.2) is 18.2 Å². The minimum Gasteiger partial charge on any atom is -0.321 e. The zero-order valence-corrected chi connectivity index (χ0v) is 11.7. The van der Waals surface area contributed by atoms with Crippen molar-refractivity contribution in [1.29, 1.82) is 0 Å². The van der Waals surface area contributed by atoms with Crippen molar-refractivity contribution < 1.29 is 13.6 Å². The molecule has 1 aromatic carbocycles. The van der Waals surface area contributed by atoms with Crippen molar-refractivity contribution in [1.82, 2.24) is 10.2 Å². The molecule has 1 unspecified atom stereocenters. The third-order valence-corrected chi connectivity index (χ3v) is 5.08. The van der Waals surface area contributed by atoms with E-state index in [4.69, 9.17) is 0 Å². The highest BCUT2D eigenvalue weighted by Gasteiger charge is 2.59. The molecule has 1 N–H and O–H groups in total. The van der Waals surface area contributed by atoms with Gasteiger partial charge < -0.3 is 4.90 Å². The molecule has 0 radical (unpaired) electrons. The molecule has 0 bridgehead atoms. The van der Waals surface area contributed by atoms with Gasteiger partial charge in [0, 0.05) is 6.54 Å². The first-order valence-corrected chi connectivity index (χ1v) is 7.63. The molecule has 1 aliphatic heterocycles. The van der Waals surface area contributed by atoms with Gasteiger partial charge in [0.05, 0.1) is 0 Å². The van der Waals surface area contributed by atoms with Crippen molar-refractivity contribution in [2.45, 2.75) is 43.8 Å². The van der Waals surface area contributed by atoms with Crippen molar-refractivity contribution in [2.24, 2.45) is 5.92 Å². The quantitative estimate of drug-likeness (QED) is 0.929. The predicted octanol–water partition coefficient (Wildman–Crippen LogP) is 2.73. The van der Waals surface area contributed by atoms with E-state index in [1.165, 1.54) is 12.5 Å². The van der Waals surface area contributed by atoms with Crippen molar-refractivity contribution >= 4 is 5.91 Å². The number of halogens is 2. The minimum atomic E-state index is -0.859. The lowest BCUT2D eigenvalue weighted by Gasteiger charge is -2.33. The normalized spacial score (nSPS) is 27.2. The van der Waals surface area contributed by atoms with Crippen LogP contribution < -0.4 is 5.32 Å². The molecule has 2 saturated carbocycles. The fourth-order valence-electron chi connectivity index (χ4n) is 3.36. The van der Waals surface area contributed by atoms with E-state index >= 15 is 0 Å². The first-order valence-electron chi connectivity index (χ1n) is 7.63. The van der Waals surface area contributed by atoms with Gasteiger partial charge in [-0.05, 0) is 49.3 Å². The van der Waals surface area contributed by atoms with Crippen LogP contribution in [0.25, 0.3) is 0 Å². The van der Waals surface area contributed by atoms with Gasteiger partial charge in [0.1, 0.15) is 11.7 Å². The summed E-state index contributed by atoms with van der Waals surface area (Å²) in [7, 11) is 0. The Labute approximate surface area is 122 Å². The highest BCUT2D eigenvalue weighted by atomic mass is 19.2. The van der Waals surface area contributed by atoms with Crippen LogP contribution in [0, 0.1) is 17.6 Å². The zero-order chi connectivity index (χ0) is 14.6. The monoisotopic (exact) mass is 292 g/mol. The molecule has 1 amide bonds. The summed E-state index contributed by atoms with van der Waals surface area (Å²) >= 11 is 0. The van der Waals surface area contributed by atoms with Crippen LogP contribution >= 0.6 is 0 Å². The Morgan fingerprint density at radius 1 is 1.24 bits per heavy atom. The van der Waals surface area contributed by atoms with Crippen LogP contribution in [0.1, 0.15) is 43.8 Å². The van der Waals surface area contributed by atoms with E-state index in [1.807, 2.05) is 4.90 Å². The smallest absolute Gasteiger partial charge is 0.244 e. The van der Waals surface area contributed by atoms with Gasteiger partial charge in [-0.1, -0.05) is 12.5 Å². The minimum absolute atomic E-state index is 0.129. The Morgan fingerprint density at radius 2 is 2.00 bits per heavy atom. The lowest BCUT2D eigenvalue weighted by Crippen LogP contribution is -2.37. The van der Waals surface area contributed by atoms with Crippen molar-refractivity contribution in [3.05, 3.63) is 35.4 Å². The molecule has 1 atom stereocenters. The number of carbonyl (C=O) groups is 1. The Morgan fingerprint density at radius 3 is 2.57 bits per heavy atom. The summed E-state index contributed by atoms with van der Waals surface area (Å²) in [6.07, 6.45) is 4.89. The third kappa shape index (κ3) is 2.06. The number of rotatable bonds is 3. The second-order valence-electron chi connectivity index (χ2n) is 6.56. The number of amides is 1. The molecule has 5 heteroatoms. The van der Waals surface area contributed by atoms with Gasteiger partial charge in [0.25, 0.3) is 0 Å². The summed E-state index contributed by atoms with van der Waals surface area (Å²) in [6, 6.07) is 3.91. The van der Waals surface area contributed by atoms with Crippen molar-refractivity contribution in [2.75, 3.05) is 6.54 Å². The van der Waals surface area contributed by atoms with Crippen LogP contribution in [-0.4, -0.2) is 22.9 Å². The van der Waals surface area contributed by atoms with E-state index in [2.05, 4.69) is 5.32 Å². The molecule has 0 aromatic heterocycles. The van der Waals surface area contributed by atoms with Crippen LogP contribution in [-0.2, 0) is 4.79 Å². The Hall–Kier alpha value is -1.49. The van der Waals surface area contributed by atoms with Crippen LogP contribution in [0.5, 0.6) is 0 Å². The number of carbonyl (C=O) groups excluding carboxylic acids is 1. The number of nitrogens with one attached hydrogen (secondary N) is 1. The molecule has 4 rings (SSSR count). The van der Waals surface area contributed by atoms with Gasteiger partial charge in [-0.25, -0.2) is 8.78 Å². The number of benzene rings is 1. The topological polar surface area (TPSA) is 32.3 Å². The molecule has 1 aromatic rings. The number of nitrogens with zero attached hydrogens (tertiary/aromatic N) is 1. The molecule has 3 fully saturated rings. The van der Waals surface area contributed by atoms with E-state index < -0.39 is 17.2 Å². The molecule has 3 nitrogen and oxygen atoms in total. The zero-order valence-electron chi connectivity index (χ0n) is 11.7. The maximum Gasteiger partial charge on any atom is 0.244 e. The SMILES string of the molecule is O=C1N(CC2CCC2)C(c2ccc(F)c(F)c2)NC12CC2. The largest absolute Gasteiger partial charge is 0.321 e. The summed E-state index contributed by atoms with van der Waals surface area (Å²) in [5.74, 6) is -1.03. The van der Waals surface area contributed by atoms with E-state index in [0.29, 0.717) is 11.5 Å².